The third-order valence-electron chi connectivity index (χ3n) is 2.99. The van der Waals surface area contributed by atoms with Gasteiger partial charge < -0.3 is 10.1 Å². The molecular weight excluding hydrogens is 266 g/mol. The molecule has 4 nitrogen and oxygen atoms in total. The number of nitrogens with one attached hydrogen (secondary N) is 1. The first-order valence-corrected chi connectivity index (χ1v) is 6.63. The van der Waals surface area contributed by atoms with E-state index in [0.29, 0.717) is 11.4 Å². The molecule has 0 fully saturated rings. The fraction of sp³-hybridized carbons (Fsp3) is 0.176. The number of Topliss-reactive ketones (excluding diaryl/α,β-unsaturated/α-hetero) is 1. The molecule has 2 aromatic rings. The molecule has 0 spiro atoms. The maximum Gasteiger partial charge on any atom is 0.231 e. The van der Waals surface area contributed by atoms with Gasteiger partial charge in [-0.15, -0.1) is 0 Å². The van der Waals surface area contributed by atoms with Gasteiger partial charge >= 0.3 is 0 Å². The molecule has 0 radical (unpaired) electrons. The van der Waals surface area contributed by atoms with E-state index in [1.807, 2.05) is 42.5 Å². The fourth-order valence-corrected chi connectivity index (χ4v) is 2.03. The molecule has 0 heterocycles. The normalized spacial score (nSPS) is 10.0. The van der Waals surface area contributed by atoms with Crippen LogP contribution in [-0.2, 0) is 9.59 Å². The maximum atomic E-state index is 11.7. The largest absolute Gasteiger partial charge is 0.495 e. The van der Waals surface area contributed by atoms with Gasteiger partial charge in [0.05, 0.1) is 19.2 Å². The van der Waals surface area contributed by atoms with Crippen molar-refractivity contribution in [3.63, 3.8) is 0 Å². The first-order chi connectivity index (χ1) is 10.1. The third kappa shape index (κ3) is 3.92. The van der Waals surface area contributed by atoms with Crippen LogP contribution in [0.1, 0.15) is 13.3 Å². The average Bonchev–Trinajstić information content (AvgIpc) is 2.47. The van der Waals surface area contributed by atoms with Gasteiger partial charge in [0.1, 0.15) is 11.5 Å². The van der Waals surface area contributed by atoms with Crippen molar-refractivity contribution in [1.29, 1.82) is 0 Å². The Labute approximate surface area is 123 Å². The maximum absolute atomic E-state index is 11.7. The number of hydrogen-bond acceptors (Lipinski definition) is 3. The number of benzene rings is 2. The number of hydrogen-bond donors (Lipinski definition) is 1. The molecule has 0 saturated carbocycles. The number of carbonyl (C=O) groups excluding carboxylic acids is 2. The van der Waals surface area contributed by atoms with Crippen molar-refractivity contribution in [1.82, 2.24) is 0 Å². The van der Waals surface area contributed by atoms with Crippen LogP contribution in [0.4, 0.5) is 5.69 Å². The second kappa shape index (κ2) is 6.70. The molecule has 0 aliphatic heterocycles. The number of carbonyl (C=O) groups is 2. The number of rotatable bonds is 5. The number of amides is 1. The Morgan fingerprint density at radius 2 is 1.76 bits per heavy atom. The lowest BCUT2D eigenvalue weighted by Crippen LogP contribution is -2.15. The van der Waals surface area contributed by atoms with E-state index in [0.717, 1.165) is 11.1 Å². The molecule has 1 N–H and O–H groups in total. The van der Waals surface area contributed by atoms with Crippen LogP contribution in [0.5, 0.6) is 5.75 Å². The second-order valence-electron chi connectivity index (χ2n) is 4.71. The van der Waals surface area contributed by atoms with Crippen molar-refractivity contribution >= 4 is 17.4 Å². The molecule has 4 heteroatoms. The average molecular weight is 283 g/mol. The Kier molecular flexibility index (Phi) is 4.72. The van der Waals surface area contributed by atoms with Crippen LogP contribution in [0.3, 0.4) is 0 Å². The Morgan fingerprint density at radius 1 is 1.05 bits per heavy atom. The summed E-state index contributed by atoms with van der Waals surface area (Å²) in [4.78, 5) is 22.6. The van der Waals surface area contributed by atoms with E-state index in [9.17, 15) is 9.59 Å². The van der Waals surface area contributed by atoms with Crippen LogP contribution in [0.15, 0.2) is 48.5 Å². The van der Waals surface area contributed by atoms with Gasteiger partial charge in [0.25, 0.3) is 0 Å². The van der Waals surface area contributed by atoms with Crippen LogP contribution in [0, 0.1) is 0 Å². The van der Waals surface area contributed by atoms with E-state index < -0.39 is 0 Å². The van der Waals surface area contributed by atoms with Gasteiger partial charge in [0.2, 0.25) is 5.91 Å². The van der Waals surface area contributed by atoms with Crippen molar-refractivity contribution in [2.45, 2.75) is 13.3 Å². The van der Waals surface area contributed by atoms with Gasteiger partial charge in [-0.05, 0) is 30.2 Å². The molecule has 0 bridgehead atoms. The van der Waals surface area contributed by atoms with Gasteiger partial charge in [-0.2, -0.15) is 0 Å². The molecule has 0 atom stereocenters. The highest BCUT2D eigenvalue weighted by molar-refractivity contribution is 6.04. The van der Waals surface area contributed by atoms with Gasteiger partial charge in [0.15, 0.2) is 0 Å². The minimum absolute atomic E-state index is 0.135. The first-order valence-electron chi connectivity index (χ1n) is 6.63. The van der Waals surface area contributed by atoms with E-state index in [-0.39, 0.29) is 18.1 Å². The molecule has 0 aromatic heterocycles. The number of ketones is 1. The standard InChI is InChI=1S/C17H17NO3/c1-12(19)10-17(20)18-15-9-8-14(11-16(15)21-2)13-6-4-3-5-7-13/h3-9,11H,10H2,1-2H3,(H,18,20). The lowest BCUT2D eigenvalue weighted by Gasteiger charge is -2.12. The number of anilines is 1. The molecule has 21 heavy (non-hydrogen) atoms. The third-order valence-corrected chi connectivity index (χ3v) is 2.99. The second-order valence-corrected chi connectivity index (χ2v) is 4.71. The van der Waals surface area contributed by atoms with E-state index in [1.165, 1.54) is 6.92 Å². The smallest absolute Gasteiger partial charge is 0.231 e. The molecule has 0 unspecified atom stereocenters. The molecule has 2 aromatic carbocycles. The molecule has 0 saturated heterocycles. The summed E-state index contributed by atoms with van der Waals surface area (Å²) >= 11 is 0. The summed E-state index contributed by atoms with van der Waals surface area (Å²) in [5.41, 5.74) is 2.62. The monoisotopic (exact) mass is 283 g/mol. The van der Waals surface area contributed by atoms with E-state index in [1.54, 1.807) is 13.2 Å². The highest BCUT2D eigenvalue weighted by Crippen LogP contribution is 2.30. The molecule has 1 amide bonds. The fourth-order valence-electron chi connectivity index (χ4n) is 2.03. The van der Waals surface area contributed by atoms with E-state index >= 15 is 0 Å². The summed E-state index contributed by atoms with van der Waals surface area (Å²) in [5, 5.41) is 2.69. The molecule has 108 valence electrons. The minimum atomic E-state index is -0.340. The van der Waals surface area contributed by atoms with Crippen molar-refractivity contribution in [2.24, 2.45) is 0 Å². The lowest BCUT2D eigenvalue weighted by atomic mass is 10.0. The van der Waals surface area contributed by atoms with Gasteiger partial charge in [-0.3, -0.25) is 9.59 Å². The topological polar surface area (TPSA) is 55.4 Å². The zero-order valence-electron chi connectivity index (χ0n) is 12.1. The quantitative estimate of drug-likeness (QED) is 0.857. The van der Waals surface area contributed by atoms with Crippen LogP contribution in [0.25, 0.3) is 11.1 Å². The van der Waals surface area contributed by atoms with Crippen LogP contribution < -0.4 is 10.1 Å². The Hall–Kier alpha value is -2.62. The van der Waals surface area contributed by atoms with Gasteiger partial charge in [0, 0.05) is 0 Å². The lowest BCUT2D eigenvalue weighted by molar-refractivity contribution is -0.124. The van der Waals surface area contributed by atoms with Crippen molar-refractivity contribution in [3.8, 4) is 16.9 Å². The first kappa shape index (κ1) is 14.8. The van der Waals surface area contributed by atoms with Gasteiger partial charge in [-0.1, -0.05) is 36.4 Å². The number of methoxy groups -OCH3 is 1. The molecule has 0 aliphatic carbocycles. The molecule has 0 aliphatic rings. The Balaban J connectivity index is 2.25. The van der Waals surface area contributed by atoms with Crippen molar-refractivity contribution in [2.75, 3.05) is 12.4 Å². The minimum Gasteiger partial charge on any atom is -0.495 e. The van der Waals surface area contributed by atoms with Gasteiger partial charge in [-0.25, -0.2) is 0 Å². The summed E-state index contributed by atoms with van der Waals surface area (Å²) in [5.74, 6) is 0.0499. The summed E-state index contributed by atoms with van der Waals surface area (Å²) in [6, 6.07) is 15.4. The Morgan fingerprint density at radius 3 is 2.38 bits per heavy atom. The van der Waals surface area contributed by atoms with Crippen LogP contribution in [-0.4, -0.2) is 18.8 Å². The van der Waals surface area contributed by atoms with Crippen molar-refractivity contribution < 1.29 is 14.3 Å². The zero-order chi connectivity index (χ0) is 15.2. The predicted octanol–water partition coefficient (Wildman–Crippen LogP) is 3.28. The Bertz CT molecular complexity index is 650. The highest BCUT2D eigenvalue weighted by Gasteiger charge is 2.10. The van der Waals surface area contributed by atoms with E-state index in [2.05, 4.69) is 5.32 Å². The summed E-state index contributed by atoms with van der Waals surface area (Å²) in [6.45, 7) is 1.38. The summed E-state index contributed by atoms with van der Waals surface area (Å²) in [7, 11) is 1.55. The van der Waals surface area contributed by atoms with Crippen molar-refractivity contribution in [3.05, 3.63) is 48.5 Å². The number of ether oxygens (including phenoxy) is 1. The summed E-state index contributed by atoms with van der Waals surface area (Å²) < 4.78 is 5.31. The highest BCUT2D eigenvalue weighted by atomic mass is 16.5. The molecule has 2 rings (SSSR count). The summed E-state index contributed by atoms with van der Waals surface area (Å²) in [6.07, 6.45) is -0.135. The van der Waals surface area contributed by atoms with Crippen LogP contribution in [0.2, 0.25) is 0 Å². The van der Waals surface area contributed by atoms with E-state index in [4.69, 9.17) is 4.74 Å². The zero-order valence-corrected chi connectivity index (χ0v) is 12.1. The predicted molar refractivity (Wildman–Crippen MR) is 82.4 cm³/mol. The molecular formula is C17H17NO3. The van der Waals surface area contributed by atoms with Crippen LogP contribution >= 0.6 is 0 Å². The SMILES string of the molecule is COc1cc(-c2ccccc2)ccc1NC(=O)CC(C)=O.